The number of ether oxygens (including phenoxy) is 1. The van der Waals surface area contributed by atoms with Crippen molar-refractivity contribution in [2.45, 2.75) is 33.2 Å². The molecule has 0 N–H and O–H groups in total. The van der Waals surface area contributed by atoms with Gasteiger partial charge in [-0.15, -0.1) is 0 Å². The quantitative estimate of drug-likeness (QED) is 0.431. The number of para-hydroxylation sites is 1. The van der Waals surface area contributed by atoms with Gasteiger partial charge in [-0.25, -0.2) is 9.38 Å². The van der Waals surface area contributed by atoms with Crippen LogP contribution in [0.3, 0.4) is 0 Å². The number of benzene rings is 3. The van der Waals surface area contributed by atoms with Crippen LogP contribution in [0.4, 0.5) is 21.5 Å². The lowest BCUT2D eigenvalue weighted by molar-refractivity contribution is -0.141. The Kier molecular flexibility index (Phi) is 6.87. The molecule has 1 fully saturated rings. The molecule has 0 radical (unpaired) electrons. The minimum absolute atomic E-state index is 0.0859. The minimum Gasteiger partial charge on any atom is -0.469 e. The van der Waals surface area contributed by atoms with E-state index in [1.165, 1.54) is 24.4 Å². The Bertz CT molecular complexity index is 1350. The van der Waals surface area contributed by atoms with Crippen LogP contribution >= 0.6 is 0 Å². The summed E-state index contributed by atoms with van der Waals surface area (Å²) in [6.07, 6.45) is 0.0859. The zero-order chi connectivity index (χ0) is 26.1. The van der Waals surface area contributed by atoms with E-state index in [-0.39, 0.29) is 18.2 Å². The van der Waals surface area contributed by atoms with Crippen molar-refractivity contribution in [3.63, 3.8) is 0 Å². The maximum atomic E-state index is 15.1. The van der Waals surface area contributed by atoms with E-state index in [0.29, 0.717) is 17.2 Å². The molecule has 2 aliphatic rings. The first-order chi connectivity index (χ1) is 17.9. The first-order valence-electron chi connectivity index (χ1n) is 12.7. The monoisotopic (exact) mass is 500 g/mol. The molecule has 0 amide bonds. The van der Waals surface area contributed by atoms with Gasteiger partial charge in [-0.3, -0.25) is 4.79 Å². The number of carbonyl (C=O) groups excluding carboxylic acids is 1. The number of hydrogen-bond donors (Lipinski definition) is 0. The van der Waals surface area contributed by atoms with Gasteiger partial charge < -0.3 is 19.4 Å². The highest BCUT2D eigenvalue weighted by Crippen LogP contribution is 2.43. The van der Waals surface area contributed by atoms with Crippen LogP contribution < -0.4 is 9.80 Å². The number of nitrogens with zero attached hydrogens (tertiary/aromatic N) is 4. The number of fused-ring (bicyclic) bond motifs is 1. The molecule has 0 spiro atoms. The number of methoxy groups -OCH3 is 1. The number of carbonyl (C=O) groups is 1. The van der Waals surface area contributed by atoms with E-state index in [1.54, 1.807) is 6.07 Å². The molecule has 3 aromatic rings. The molecule has 5 rings (SSSR count). The van der Waals surface area contributed by atoms with Gasteiger partial charge in [-0.05, 0) is 61.7 Å². The predicted octanol–water partition coefficient (Wildman–Crippen LogP) is 5.69. The zero-order valence-electron chi connectivity index (χ0n) is 21.9. The molecule has 6 nitrogen and oxygen atoms in total. The second kappa shape index (κ2) is 10.2. The van der Waals surface area contributed by atoms with Crippen LogP contribution in [0, 0.1) is 26.6 Å². The molecule has 0 saturated carbocycles. The number of guanidine groups is 1. The van der Waals surface area contributed by atoms with Crippen LogP contribution in [-0.2, 0) is 9.53 Å². The predicted molar refractivity (Wildman–Crippen MR) is 146 cm³/mol. The Morgan fingerprint density at radius 1 is 0.946 bits per heavy atom. The number of halogens is 1. The fourth-order valence-corrected chi connectivity index (χ4v) is 5.26. The molecule has 192 valence electrons. The first-order valence-corrected chi connectivity index (χ1v) is 12.7. The molecule has 1 unspecified atom stereocenters. The van der Waals surface area contributed by atoms with Crippen molar-refractivity contribution in [2.24, 2.45) is 4.99 Å². The molecular formula is C30H33FN4O2. The minimum atomic E-state index is -0.444. The van der Waals surface area contributed by atoms with Gasteiger partial charge in [-0.2, -0.15) is 0 Å². The fraction of sp³-hybridized carbons (Fsp3) is 0.333. The third-order valence-corrected chi connectivity index (χ3v) is 7.26. The molecule has 2 aliphatic heterocycles. The number of esters is 1. The van der Waals surface area contributed by atoms with Gasteiger partial charge in [0.2, 0.25) is 5.96 Å². The summed E-state index contributed by atoms with van der Waals surface area (Å²) >= 11 is 0. The molecular weight excluding hydrogens is 467 g/mol. The van der Waals surface area contributed by atoms with Gasteiger partial charge in [0, 0.05) is 43.1 Å². The number of aryl methyl sites for hydroxylation is 3. The standard InChI is InChI=1S/C30H33FN4O2/c1-20-7-5-8-23(17-20)33-13-15-34(16-14-33)30-32-29-24(9-6-10-25(29)31)27(19-28(36)37-4)35(30)26-18-21(2)11-12-22(26)3/h5-12,17-18,27H,13-16,19H2,1-4H3. The van der Waals surface area contributed by atoms with Gasteiger partial charge in [0.25, 0.3) is 0 Å². The van der Waals surface area contributed by atoms with Crippen LogP contribution in [0.15, 0.2) is 65.7 Å². The Morgan fingerprint density at radius 2 is 1.65 bits per heavy atom. The van der Waals surface area contributed by atoms with Gasteiger partial charge in [0.05, 0.1) is 19.6 Å². The van der Waals surface area contributed by atoms with Gasteiger partial charge in [0.15, 0.2) is 0 Å². The summed E-state index contributed by atoms with van der Waals surface area (Å²) in [5, 5.41) is 0. The van der Waals surface area contributed by atoms with E-state index >= 15 is 4.39 Å². The second-order valence-electron chi connectivity index (χ2n) is 9.86. The average molecular weight is 501 g/mol. The molecule has 2 heterocycles. The highest BCUT2D eigenvalue weighted by atomic mass is 19.1. The maximum absolute atomic E-state index is 15.1. The molecule has 0 aliphatic carbocycles. The van der Waals surface area contributed by atoms with Crippen LogP contribution in [0.2, 0.25) is 0 Å². The number of hydrogen-bond acceptors (Lipinski definition) is 6. The van der Waals surface area contributed by atoms with E-state index in [9.17, 15) is 4.79 Å². The van der Waals surface area contributed by atoms with Crippen LogP contribution in [0.1, 0.15) is 34.7 Å². The van der Waals surface area contributed by atoms with E-state index < -0.39 is 6.04 Å². The second-order valence-corrected chi connectivity index (χ2v) is 9.86. The molecule has 1 saturated heterocycles. The van der Waals surface area contributed by atoms with E-state index in [4.69, 9.17) is 9.73 Å². The number of aliphatic imine (C=N–C) groups is 1. The first kappa shape index (κ1) is 24.8. The molecule has 0 bridgehead atoms. The largest absolute Gasteiger partial charge is 0.469 e. The summed E-state index contributed by atoms with van der Waals surface area (Å²) in [6.45, 7) is 9.28. The third-order valence-electron chi connectivity index (χ3n) is 7.26. The Labute approximate surface area is 218 Å². The van der Waals surface area contributed by atoms with Crippen molar-refractivity contribution >= 4 is 29.0 Å². The van der Waals surface area contributed by atoms with Gasteiger partial charge in [0.1, 0.15) is 11.5 Å². The lowest BCUT2D eigenvalue weighted by Crippen LogP contribution is -2.55. The van der Waals surface area contributed by atoms with Crippen molar-refractivity contribution < 1.29 is 13.9 Å². The van der Waals surface area contributed by atoms with Crippen molar-refractivity contribution in [1.82, 2.24) is 4.90 Å². The lowest BCUT2D eigenvalue weighted by atomic mass is 9.96. The molecule has 3 aromatic carbocycles. The molecule has 7 heteroatoms. The van der Waals surface area contributed by atoms with E-state index in [2.05, 4.69) is 71.0 Å². The summed E-state index contributed by atoms with van der Waals surface area (Å²) in [4.78, 5) is 24.2. The van der Waals surface area contributed by atoms with Crippen molar-refractivity contribution in [3.05, 3.63) is 88.7 Å². The zero-order valence-corrected chi connectivity index (χ0v) is 21.9. The molecule has 1 atom stereocenters. The Balaban J connectivity index is 1.57. The number of piperazine rings is 1. The maximum Gasteiger partial charge on any atom is 0.307 e. The fourth-order valence-electron chi connectivity index (χ4n) is 5.26. The summed E-state index contributed by atoms with van der Waals surface area (Å²) in [7, 11) is 1.39. The molecule has 37 heavy (non-hydrogen) atoms. The smallest absolute Gasteiger partial charge is 0.307 e. The van der Waals surface area contributed by atoms with Crippen molar-refractivity contribution in [3.8, 4) is 0 Å². The third kappa shape index (κ3) is 4.90. The summed E-state index contributed by atoms with van der Waals surface area (Å²) < 4.78 is 20.2. The topological polar surface area (TPSA) is 48.4 Å². The van der Waals surface area contributed by atoms with Crippen molar-refractivity contribution in [1.29, 1.82) is 0 Å². The van der Waals surface area contributed by atoms with Gasteiger partial charge in [-0.1, -0.05) is 36.4 Å². The normalized spacial score (nSPS) is 17.4. The van der Waals surface area contributed by atoms with Crippen LogP contribution in [-0.4, -0.2) is 50.1 Å². The summed E-state index contributed by atoms with van der Waals surface area (Å²) in [6, 6.07) is 19.3. The number of anilines is 2. The molecule has 0 aromatic heterocycles. The Morgan fingerprint density at radius 3 is 2.38 bits per heavy atom. The van der Waals surface area contributed by atoms with Gasteiger partial charge >= 0.3 is 5.97 Å². The SMILES string of the molecule is COC(=O)CC1c2cccc(F)c2N=C(N2CCN(c3cccc(C)c3)CC2)N1c1cc(C)ccc1C. The Hall–Kier alpha value is -3.87. The summed E-state index contributed by atoms with van der Waals surface area (Å²) in [5.41, 5.74) is 6.55. The van der Waals surface area contributed by atoms with Crippen molar-refractivity contribution in [2.75, 3.05) is 43.1 Å². The van der Waals surface area contributed by atoms with E-state index in [1.807, 2.05) is 13.0 Å². The average Bonchev–Trinajstić information content (AvgIpc) is 2.90. The highest BCUT2D eigenvalue weighted by molar-refractivity contribution is 6.02. The van der Waals surface area contributed by atoms with Crippen LogP contribution in [0.5, 0.6) is 0 Å². The van der Waals surface area contributed by atoms with Crippen LogP contribution in [0.25, 0.3) is 0 Å². The number of rotatable bonds is 4. The van der Waals surface area contributed by atoms with E-state index in [0.717, 1.165) is 43.0 Å². The highest BCUT2D eigenvalue weighted by Gasteiger charge is 2.38. The summed E-state index contributed by atoms with van der Waals surface area (Å²) in [5.74, 6) is -0.0611. The lowest BCUT2D eigenvalue weighted by Gasteiger charge is -2.45.